The molecule has 0 saturated heterocycles. The van der Waals surface area contributed by atoms with Gasteiger partial charge in [0.25, 0.3) is 10.0 Å². The van der Waals surface area contributed by atoms with Gasteiger partial charge < -0.3 is 30.8 Å². The van der Waals surface area contributed by atoms with Crippen molar-refractivity contribution in [2.45, 2.75) is 49.1 Å². The van der Waals surface area contributed by atoms with Crippen LogP contribution in [-0.2, 0) is 10.0 Å². The van der Waals surface area contributed by atoms with E-state index in [9.17, 15) is 33.6 Å². The SMILES string of the molecule is CCCCN(NS(=O)(=O)c1ccccc1)C(=O)NC[C@H](O)[C@@H](O)[C@H](O)[C@H](O)CO. The van der Waals surface area contributed by atoms with Crippen LogP contribution in [0.3, 0.4) is 0 Å². The van der Waals surface area contributed by atoms with Gasteiger partial charge in [0.1, 0.15) is 18.3 Å². The van der Waals surface area contributed by atoms with Crippen molar-refractivity contribution < 1.29 is 38.7 Å². The molecule has 166 valence electrons. The average molecular weight is 435 g/mol. The molecule has 0 fully saturated rings. The number of hydrazine groups is 1. The Morgan fingerprint density at radius 1 is 1.07 bits per heavy atom. The maximum absolute atomic E-state index is 12.4. The molecule has 29 heavy (non-hydrogen) atoms. The van der Waals surface area contributed by atoms with Gasteiger partial charge in [-0.2, -0.15) is 0 Å². The molecule has 12 heteroatoms. The summed E-state index contributed by atoms with van der Waals surface area (Å²) in [4.78, 5) is 14.5. The van der Waals surface area contributed by atoms with Crippen molar-refractivity contribution in [3.63, 3.8) is 0 Å². The number of benzene rings is 1. The minimum absolute atomic E-state index is 0.0362. The van der Waals surface area contributed by atoms with E-state index in [-0.39, 0.29) is 11.4 Å². The van der Waals surface area contributed by atoms with Crippen LogP contribution < -0.4 is 10.1 Å². The molecule has 1 rings (SSSR count). The molecule has 11 nitrogen and oxygen atoms in total. The summed E-state index contributed by atoms with van der Waals surface area (Å²) in [7, 11) is -4.02. The molecule has 0 bridgehead atoms. The summed E-state index contributed by atoms with van der Waals surface area (Å²) in [5, 5.41) is 50.4. The predicted octanol–water partition coefficient (Wildman–Crippen LogP) is -1.87. The molecule has 4 atom stereocenters. The summed E-state index contributed by atoms with van der Waals surface area (Å²) < 4.78 is 24.9. The highest BCUT2D eigenvalue weighted by atomic mass is 32.2. The number of nitrogens with zero attached hydrogens (tertiary/aromatic N) is 1. The van der Waals surface area contributed by atoms with Gasteiger partial charge in [-0.1, -0.05) is 31.5 Å². The van der Waals surface area contributed by atoms with Crippen LogP contribution in [0.1, 0.15) is 19.8 Å². The average Bonchev–Trinajstić information content (AvgIpc) is 2.73. The van der Waals surface area contributed by atoms with Gasteiger partial charge in [0.05, 0.1) is 17.6 Å². The van der Waals surface area contributed by atoms with Crippen LogP contribution >= 0.6 is 0 Å². The Kier molecular flexibility index (Phi) is 10.5. The maximum Gasteiger partial charge on any atom is 0.332 e. The van der Waals surface area contributed by atoms with Crippen molar-refractivity contribution in [2.75, 3.05) is 19.7 Å². The molecule has 0 aromatic heterocycles. The number of sulfonamides is 1. The van der Waals surface area contributed by atoms with Gasteiger partial charge >= 0.3 is 6.03 Å². The highest BCUT2D eigenvalue weighted by Gasteiger charge is 2.31. The highest BCUT2D eigenvalue weighted by Crippen LogP contribution is 2.09. The van der Waals surface area contributed by atoms with E-state index in [2.05, 4.69) is 10.1 Å². The fourth-order valence-corrected chi connectivity index (χ4v) is 3.36. The number of hydrogen-bond acceptors (Lipinski definition) is 8. The topological polar surface area (TPSA) is 180 Å². The van der Waals surface area contributed by atoms with Crippen molar-refractivity contribution in [3.8, 4) is 0 Å². The molecular weight excluding hydrogens is 406 g/mol. The number of aliphatic hydroxyl groups is 5. The molecule has 0 aliphatic carbocycles. The molecule has 0 aliphatic rings. The normalized spacial score (nSPS) is 15.9. The molecular formula is C17H29N3O8S. The van der Waals surface area contributed by atoms with Crippen LogP contribution in [-0.4, -0.2) is 89.1 Å². The van der Waals surface area contributed by atoms with Gasteiger partial charge in [0, 0.05) is 13.1 Å². The molecule has 7 N–H and O–H groups in total. The molecule has 2 amide bonds. The van der Waals surface area contributed by atoms with E-state index in [4.69, 9.17) is 5.11 Å². The Balaban J connectivity index is 2.76. The zero-order valence-electron chi connectivity index (χ0n) is 16.0. The molecule has 0 aliphatic heterocycles. The summed E-state index contributed by atoms with van der Waals surface area (Å²) in [6.07, 6.45) is -5.84. The van der Waals surface area contributed by atoms with Crippen molar-refractivity contribution >= 4 is 16.1 Å². The summed E-state index contributed by atoms with van der Waals surface area (Å²) in [6, 6.07) is 6.58. The lowest BCUT2D eigenvalue weighted by molar-refractivity contribution is -0.113. The molecule has 0 unspecified atom stereocenters. The van der Waals surface area contributed by atoms with Crippen molar-refractivity contribution in [3.05, 3.63) is 30.3 Å². The van der Waals surface area contributed by atoms with E-state index in [1.807, 2.05) is 6.92 Å². The van der Waals surface area contributed by atoms with Crippen molar-refractivity contribution in [1.82, 2.24) is 15.2 Å². The highest BCUT2D eigenvalue weighted by molar-refractivity contribution is 7.89. The van der Waals surface area contributed by atoms with E-state index >= 15 is 0 Å². The summed E-state index contributed by atoms with van der Waals surface area (Å²) in [5.74, 6) is 0. The summed E-state index contributed by atoms with van der Waals surface area (Å²) in [6.45, 7) is 0.545. The number of nitrogens with one attached hydrogen (secondary N) is 2. The Morgan fingerprint density at radius 3 is 2.21 bits per heavy atom. The summed E-state index contributed by atoms with van der Waals surface area (Å²) >= 11 is 0. The molecule has 0 radical (unpaired) electrons. The number of rotatable bonds is 12. The van der Waals surface area contributed by atoms with E-state index in [1.54, 1.807) is 6.07 Å². The standard InChI is InChI=1S/C17H29N3O8S/c1-2-3-9-20(19-29(27,28)12-7-5-4-6-8-12)17(26)18-10-13(22)15(24)16(25)14(23)11-21/h4-8,13-16,19,21-25H,2-3,9-11H2,1H3,(H,18,26)/t13-,14+,15+,16+/m0/s1. The first-order valence-electron chi connectivity index (χ1n) is 9.10. The number of carbonyl (C=O) groups is 1. The largest absolute Gasteiger partial charge is 0.394 e. The van der Waals surface area contributed by atoms with Crippen LogP contribution in [0.15, 0.2) is 35.2 Å². The van der Waals surface area contributed by atoms with Crippen LogP contribution in [0, 0.1) is 0 Å². The van der Waals surface area contributed by atoms with Gasteiger partial charge in [-0.25, -0.2) is 18.2 Å². The Hall–Kier alpha value is -1.80. The lowest BCUT2D eigenvalue weighted by Crippen LogP contribution is -2.54. The second-order valence-corrected chi connectivity index (χ2v) is 8.06. The van der Waals surface area contributed by atoms with Crippen LogP contribution in [0.2, 0.25) is 0 Å². The van der Waals surface area contributed by atoms with Gasteiger partial charge in [0.2, 0.25) is 0 Å². The Bertz CT molecular complexity index is 719. The van der Waals surface area contributed by atoms with Crippen molar-refractivity contribution in [2.24, 2.45) is 0 Å². The van der Waals surface area contributed by atoms with E-state index in [1.165, 1.54) is 24.3 Å². The monoisotopic (exact) mass is 435 g/mol. The summed E-state index contributed by atoms with van der Waals surface area (Å²) in [5.41, 5.74) is 0. The number of aliphatic hydroxyl groups excluding tert-OH is 5. The second-order valence-electron chi connectivity index (χ2n) is 6.40. The molecule has 0 spiro atoms. The number of amides is 2. The number of urea groups is 1. The first-order valence-corrected chi connectivity index (χ1v) is 10.6. The number of carbonyl (C=O) groups excluding carboxylic acids is 1. The Morgan fingerprint density at radius 2 is 1.66 bits per heavy atom. The zero-order chi connectivity index (χ0) is 22.0. The third kappa shape index (κ3) is 7.85. The Labute approximate surface area is 169 Å². The van der Waals surface area contributed by atoms with Gasteiger partial charge in [-0.05, 0) is 18.6 Å². The fourth-order valence-electron chi connectivity index (χ4n) is 2.27. The third-order valence-electron chi connectivity index (χ3n) is 4.05. The smallest absolute Gasteiger partial charge is 0.332 e. The molecule has 1 aromatic rings. The first-order chi connectivity index (χ1) is 13.6. The van der Waals surface area contributed by atoms with Crippen molar-refractivity contribution in [1.29, 1.82) is 0 Å². The minimum atomic E-state index is -4.02. The maximum atomic E-state index is 12.4. The van der Waals surface area contributed by atoms with Gasteiger partial charge in [-0.15, -0.1) is 4.83 Å². The van der Waals surface area contributed by atoms with E-state index in [0.29, 0.717) is 12.8 Å². The van der Waals surface area contributed by atoms with E-state index in [0.717, 1.165) is 5.01 Å². The lowest BCUT2D eigenvalue weighted by Gasteiger charge is -2.27. The first kappa shape index (κ1) is 25.2. The third-order valence-corrected chi connectivity index (χ3v) is 5.41. The number of hydrogen-bond donors (Lipinski definition) is 7. The van der Waals surface area contributed by atoms with Crippen LogP contribution in [0.25, 0.3) is 0 Å². The number of unbranched alkanes of at least 4 members (excludes halogenated alkanes) is 1. The van der Waals surface area contributed by atoms with Crippen LogP contribution in [0.5, 0.6) is 0 Å². The minimum Gasteiger partial charge on any atom is -0.394 e. The van der Waals surface area contributed by atoms with Gasteiger partial charge in [0.15, 0.2) is 0 Å². The second kappa shape index (κ2) is 12.0. The lowest BCUT2D eigenvalue weighted by atomic mass is 10.0. The zero-order valence-corrected chi connectivity index (χ0v) is 16.9. The predicted molar refractivity (Wildman–Crippen MR) is 103 cm³/mol. The molecule has 1 aromatic carbocycles. The van der Waals surface area contributed by atoms with E-state index < -0.39 is 53.6 Å². The quantitative estimate of drug-likeness (QED) is 0.186. The van der Waals surface area contributed by atoms with Crippen LogP contribution in [0.4, 0.5) is 4.79 Å². The fraction of sp³-hybridized carbons (Fsp3) is 0.588. The molecule has 0 saturated carbocycles. The molecule has 0 heterocycles. The van der Waals surface area contributed by atoms with Gasteiger partial charge in [-0.3, -0.25) is 0 Å².